The van der Waals surface area contributed by atoms with E-state index in [1.807, 2.05) is 36.0 Å². The molecule has 1 aromatic rings. The molecule has 0 radical (unpaired) electrons. The van der Waals surface area contributed by atoms with Crippen molar-refractivity contribution in [3.63, 3.8) is 0 Å². The van der Waals surface area contributed by atoms with Gasteiger partial charge in [0.15, 0.2) is 0 Å². The lowest BCUT2D eigenvalue weighted by Crippen LogP contribution is -2.50. The molecule has 2 aliphatic carbocycles. The van der Waals surface area contributed by atoms with Crippen molar-refractivity contribution in [2.24, 2.45) is 11.8 Å². The van der Waals surface area contributed by atoms with Gasteiger partial charge < -0.3 is 15.4 Å². The van der Waals surface area contributed by atoms with Crippen LogP contribution in [0.15, 0.2) is 24.3 Å². The Morgan fingerprint density at radius 1 is 1.00 bits per heavy atom. The Kier molecular flexibility index (Phi) is 10.0. The summed E-state index contributed by atoms with van der Waals surface area (Å²) in [5, 5.41) is 6.11. The van der Waals surface area contributed by atoms with E-state index >= 15 is 0 Å². The quantitative estimate of drug-likeness (QED) is 0.547. The zero-order valence-electron chi connectivity index (χ0n) is 18.9. The average Bonchev–Trinajstić information content (AvgIpc) is 2.83. The van der Waals surface area contributed by atoms with Crippen LogP contribution in [-0.2, 0) is 16.1 Å². The summed E-state index contributed by atoms with van der Waals surface area (Å²) in [5.74, 6) is 3.32. The normalized spacial score (nSPS) is 18.9. The van der Waals surface area contributed by atoms with Gasteiger partial charge in [-0.05, 0) is 55.1 Å². The van der Waals surface area contributed by atoms with Crippen LogP contribution in [0.5, 0.6) is 5.75 Å². The van der Waals surface area contributed by atoms with Crippen molar-refractivity contribution in [2.75, 3.05) is 18.6 Å². The van der Waals surface area contributed by atoms with Crippen LogP contribution in [-0.4, -0.2) is 36.5 Å². The highest BCUT2D eigenvalue weighted by Gasteiger charge is 2.27. The third kappa shape index (κ3) is 8.06. The van der Waals surface area contributed by atoms with Gasteiger partial charge >= 0.3 is 0 Å². The van der Waals surface area contributed by atoms with Gasteiger partial charge in [0.25, 0.3) is 0 Å². The van der Waals surface area contributed by atoms with E-state index < -0.39 is 6.04 Å². The molecule has 6 heteroatoms. The number of hydrogen-bond acceptors (Lipinski definition) is 4. The van der Waals surface area contributed by atoms with Crippen molar-refractivity contribution in [1.82, 2.24) is 10.6 Å². The van der Waals surface area contributed by atoms with Gasteiger partial charge in [-0.1, -0.05) is 50.7 Å². The molecule has 1 atom stereocenters. The number of thioether (sulfide) groups is 1. The lowest BCUT2D eigenvalue weighted by atomic mass is 9.88. The molecule has 172 valence electrons. The van der Waals surface area contributed by atoms with E-state index in [0.717, 1.165) is 48.7 Å². The van der Waals surface area contributed by atoms with Gasteiger partial charge in [-0.15, -0.1) is 0 Å². The maximum atomic E-state index is 13.0. The molecule has 1 aromatic carbocycles. The maximum Gasteiger partial charge on any atom is 0.243 e. The molecular weight excluding hydrogens is 408 g/mol. The van der Waals surface area contributed by atoms with E-state index in [1.54, 1.807) is 7.11 Å². The van der Waals surface area contributed by atoms with Crippen molar-refractivity contribution in [3.05, 3.63) is 29.8 Å². The minimum atomic E-state index is -0.471. The molecule has 0 unspecified atom stereocenters. The molecule has 0 saturated heterocycles. The Balaban J connectivity index is 1.52. The molecule has 2 saturated carbocycles. The van der Waals surface area contributed by atoms with Crippen molar-refractivity contribution in [2.45, 2.75) is 76.8 Å². The smallest absolute Gasteiger partial charge is 0.243 e. The fourth-order valence-electron chi connectivity index (χ4n) is 4.60. The van der Waals surface area contributed by atoms with Crippen LogP contribution in [0.3, 0.4) is 0 Å². The summed E-state index contributed by atoms with van der Waals surface area (Å²) >= 11 is 1.82. The molecular formula is C25H38N2O3S. The standard InChI is InChI=1S/C25H38N2O3S/c1-30-22-14-12-19(13-15-22)16-26-25(29)23(18-31-17-20-8-4-2-5-9-20)27-24(28)21-10-6-3-7-11-21/h12-15,20-21,23H,2-11,16-18H2,1H3,(H,26,29)(H,27,28)/t23-/m0/s1. The predicted octanol–water partition coefficient (Wildman–Crippen LogP) is 4.69. The van der Waals surface area contributed by atoms with Gasteiger partial charge in [-0.3, -0.25) is 9.59 Å². The highest BCUT2D eigenvalue weighted by atomic mass is 32.2. The van der Waals surface area contributed by atoms with Gasteiger partial charge in [0.1, 0.15) is 11.8 Å². The van der Waals surface area contributed by atoms with E-state index in [-0.39, 0.29) is 17.7 Å². The van der Waals surface area contributed by atoms with E-state index in [4.69, 9.17) is 4.74 Å². The van der Waals surface area contributed by atoms with E-state index in [1.165, 1.54) is 38.5 Å². The monoisotopic (exact) mass is 446 g/mol. The topological polar surface area (TPSA) is 67.4 Å². The summed E-state index contributed by atoms with van der Waals surface area (Å²) < 4.78 is 5.19. The van der Waals surface area contributed by atoms with E-state index in [9.17, 15) is 9.59 Å². The first-order chi connectivity index (χ1) is 15.2. The molecule has 0 aromatic heterocycles. The summed E-state index contributed by atoms with van der Waals surface area (Å²) in [6.45, 7) is 0.450. The highest BCUT2D eigenvalue weighted by Crippen LogP contribution is 2.27. The van der Waals surface area contributed by atoms with E-state index in [2.05, 4.69) is 10.6 Å². The minimum Gasteiger partial charge on any atom is -0.497 e. The largest absolute Gasteiger partial charge is 0.497 e. The fourth-order valence-corrected chi connectivity index (χ4v) is 5.87. The number of rotatable bonds is 10. The van der Waals surface area contributed by atoms with Crippen molar-refractivity contribution in [3.8, 4) is 5.75 Å². The number of ether oxygens (including phenoxy) is 1. The lowest BCUT2D eigenvalue weighted by molar-refractivity contribution is -0.131. The second kappa shape index (κ2) is 13.0. The zero-order chi connectivity index (χ0) is 21.9. The van der Waals surface area contributed by atoms with Crippen molar-refractivity contribution in [1.29, 1.82) is 0 Å². The molecule has 0 heterocycles. The first kappa shape index (κ1) is 24.0. The molecule has 2 fully saturated rings. The van der Waals surface area contributed by atoms with Crippen LogP contribution in [0.1, 0.15) is 69.8 Å². The summed E-state index contributed by atoms with van der Waals surface area (Å²) in [5.41, 5.74) is 1.02. The number of hydrogen-bond donors (Lipinski definition) is 2. The van der Waals surface area contributed by atoms with Crippen LogP contribution in [0, 0.1) is 11.8 Å². The molecule has 31 heavy (non-hydrogen) atoms. The maximum absolute atomic E-state index is 13.0. The third-order valence-corrected chi connectivity index (χ3v) is 7.87. The van der Waals surface area contributed by atoms with Gasteiger partial charge in [-0.25, -0.2) is 0 Å². The Labute approximate surface area is 191 Å². The van der Waals surface area contributed by atoms with Gasteiger partial charge in [0.2, 0.25) is 11.8 Å². The number of carbonyl (C=O) groups excluding carboxylic acids is 2. The highest BCUT2D eigenvalue weighted by molar-refractivity contribution is 7.99. The molecule has 3 rings (SSSR count). The Bertz CT molecular complexity index is 683. The number of methoxy groups -OCH3 is 1. The zero-order valence-corrected chi connectivity index (χ0v) is 19.7. The second-order valence-corrected chi connectivity index (χ2v) is 10.1. The first-order valence-electron chi connectivity index (χ1n) is 11.9. The van der Waals surface area contributed by atoms with Gasteiger partial charge in [-0.2, -0.15) is 11.8 Å². The van der Waals surface area contributed by atoms with Crippen molar-refractivity contribution < 1.29 is 14.3 Å². The molecule has 5 nitrogen and oxygen atoms in total. The molecule has 2 amide bonds. The van der Waals surface area contributed by atoms with Crippen LogP contribution in [0.2, 0.25) is 0 Å². The first-order valence-corrected chi connectivity index (χ1v) is 13.1. The Morgan fingerprint density at radius 3 is 2.29 bits per heavy atom. The fraction of sp³-hybridized carbons (Fsp3) is 0.680. The predicted molar refractivity (Wildman–Crippen MR) is 127 cm³/mol. The summed E-state index contributed by atoms with van der Waals surface area (Å²) in [6, 6.07) is 7.22. The molecule has 0 spiro atoms. The molecule has 2 aliphatic rings. The third-order valence-electron chi connectivity index (χ3n) is 6.60. The van der Waals surface area contributed by atoms with Crippen LogP contribution in [0.4, 0.5) is 0 Å². The number of benzene rings is 1. The van der Waals surface area contributed by atoms with Crippen LogP contribution >= 0.6 is 11.8 Å². The van der Waals surface area contributed by atoms with E-state index in [0.29, 0.717) is 12.3 Å². The second-order valence-electron chi connectivity index (χ2n) is 9.00. The van der Waals surface area contributed by atoms with Gasteiger partial charge in [0, 0.05) is 18.2 Å². The Morgan fingerprint density at radius 2 is 1.65 bits per heavy atom. The minimum absolute atomic E-state index is 0.0579. The van der Waals surface area contributed by atoms with Crippen LogP contribution < -0.4 is 15.4 Å². The number of nitrogens with one attached hydrogen (secondary N) is 2. The Hall–Kier alpha value is -1.69. The summed E-state index contributed by atoms with van der Waals surface area (Å²) in [6.07, 6.45) is 12.0. The molecule has 2 N–H and O–H groups in total. The van der Waals surface area contributed by atoms with Crippen LogP contribution in [0.25, 0.3) is 0 Å². The number of carbonyl (C=O) groups is 2. The molecule has 0 bridgehead atoms. The molecule has 0 aliphatic heterocycles. The summed E-state index contributed by atoms with van der Waals surface area (Å²) in [4.78, 5) is 25.8. The average molecular weight is 447 g/mol. The number of amides is 2. The lowest BCUT2D eigenvalue weighted by Gasteiger charge is -2.25. The summed E-state index contributed by atoms with van der Waals surface area (Å²) in [7, 11) is 1.64. The van der Waals surface area contributed by atoms with Gasteiger partial charge in [0.05, 0.1) is 7.11 Å². The van der Waals surface area contributed by atoms with Crippen molar-refractivity contribution >= 4 is 23.6 Å². The SMILES string of the molecule is COc1ccc(CNC(=O)[C@H](CSCC2CCCCC2)NC(=O)C2CCCCC2)cc1.